The van der Waals surface area contributed by atoms with Gasteiger partial charge in [0.25, 0.3) is 0 Å². The first-order chi connectivity index (χ1) is 12.9. The zero-order chi connectivity index (χ0) is 19.0. The summed E-state index contributed by atoms with van der Waals surface area (Å²) in [7, 11) is 0. The molecule has 0 aliphatic carbocycles. The van der Waals surface area contributed by atoms with Crippen molar-refractivity contribution in [3.05, 3.63) is 60.2 Å². The first-order valence-corrected chi connectivity index (χ1v) is 10.2. The topological polar surface area (TPSA) is 16.1 Å². The number of hydrogen-bond donors (Lipinski definition) is 0. The number of aromatic nitrogens is 1. The second-order valence-corrected chi connectivity index (χ2v) is 9.04. The van der Waals surface area contributed by atoms with E-state index in [1.165, 1.54) is 35.0 Å². The van der Waals surface area contributed by atoms with Gasteiger partial charge in [-0.1, -0.05) is 70.2 Å². The Labute approximate surface area is 163 Å². The van der Waals surface area contributed by atoms with Crippen molar-refractivity contribution in [2.24, 2.45) is 5.92 Å². The lowest BCUT2D eigenvalue weighted by Gasteiger charge is -2.33. The highest BCUT2D eigenvalue weighted by Crippen LogP contribution is 2.34. The van der Waals surface area contributed by atoms with E-state index in [1.54, 1.807) is 0 Å². The van der Waals surface area contributed by atoms with E-state index in [2.05, 4.69) is 87.2 Å². The van der Waals surface area contributed by atoms with E-state index < -0.39 is 0 Å². The third-order valence-electron chi connectivity index (χ3n) is 5.87. The highest BCUT2D eigenvalue weighted by molar-refractivity contribution is 5.94. The molecule has 2 nitrogen and oxygen atoms in total. The minimum Gasteiger partial charge on any atom is -0.371 e. The smallest absolute Gasteiger partial charge is 0.0730 e. The maximum absolute atomic E-state index is 4.98. The fourth-order valence-corrected chi connectivity index (χ4v) is 3.96. The number of para-hydroxylation sites is 1. The molecule has 0 N–H and O–H groups in total. The molecule has 1 aliphatic rings. The van der Waals surface area contributed by atoms with E-state index in [-0.39, 0.29) is 5.41 Å². The highest BCUT2D eigenvalue weighted by atomic mass is 15.1. The molecule has 27 heavy (non-hydrogen) atoms. The van der Waals surface area contributed by atoms with Crippen molar-refractivity contribution in [1.82, 2.24) is 4.98 Å². The van der Waals surface area contributed by atoms with Gasteiger partial charge in [0.2, 0.25) is 0 Å². The van der Waals surface area contributed by atoms with Crippen molar-refractivity contribution in [2.75, 3.05) is 18.0 Å². The van der Waals surface area contributed by atoms with Crippen molar-refractivity contribution in [1.29, 1.82) is 0 Å². The Morgan fingerprint density at radius 3 is 2.26 bits per heavy atom. The third kappa shape index (κ3) is 3.71. The number of hydrogen-bond acceptors (Lipinski definition) is 2. The molecule has 3 aromatic rings. The van der Waals surface area contributed by atoms with Crippen LogP contribution in [0.1, 0.15) is 46.1 Å². The average molecular weight is 359 g/mol. The first kappa shape index (κ1) is 18.0. The zero-order valence-corrected chi connectivity index (χ0v) is 17.0. The number of nitrogens with zero attached hydrogens (tertiary/aromatic N) is 2. The number of benzene rings is 2. The van der Waals surface area contributed by atoms with Crippen molar-refractivity contribution < 1.29 is 0 Å². The van der Waals surface area contributed by atoms with Crippen LogP contribution in [0.15, 0.2) is 54.6 Å². The quantitative estimate of drug-likeness (QED) is 0.524. The Bertz CT molecular complexity index is 927. The van der Waals surface area contributed by atoms with Gasteiger partial charge in [0.1, 0.15) is 0 Å². The van der Waals surface area contributed by atoms with Crippen LogP contribution in [0.5, 0.6) is 0 Å². The van der Waals surface area contributed by atoms with Gasteiger partial charge in [-0.05, 0) is 41.9 Å². The number of rotatable bonds is 2. The number of pyridine rings is 1. The standard InChI is InChI=1S/C25H30N2/c1-18-13-15-27(16-14-18)24-17-23(26-22-8-6-5-7-21(22)24)19-9-11-20(12-10-19)25(2,3)4/h5-12,17-18H,13-16H2,1-4H3. The minimum absolute atomic E-state index is 0.172. The predicted octanol–water partition coefficient (Wildman–Crippen LogP) is 6.44. The van der Waals surface area contributed by atoms with Gasteiger partial charge in [-0.25, -0.2) is 4.98 Å². The second kappa shape index (κ2) is 6.99. The summed E-state index contributed by atoms with van der Waals surface area (Å²) in [6.07, 6.45) is 2.54. The summed E-state index contributed by atoms with van der Waals surface area (Å²) in [6, 6.07) is 19.8. The normalized spacial score (nSPS) is 16.1. The van der Waals surface area contributed by atoms with Crippen LogP contribution < -0.4 is 4.90 Å². The van der Waals surface area contributed by atoms with Gasteiger partial charge < -0.3 is 4.90 Å². The van der Waals surface area contributed by atoms with E-state index in [0.717, 1.165) is 30.2 Å². The van der Waals surface area contributed by atoms with Crippen LogP contribution in [-0.4, -0.2) is 18.1 Å². The minimum atomic E-state index is 0.172. The molecule has 1 aliphatic heterocycles. The molecule has 1 saturated heterocycles. The van der Waals surface area contributed by atoms with E-state index in [1.807, 2.05) is 0 Å². The first-order valence-electron chi connectivity index (χ1n) is 10.2. The molecular weight excluding hydrogens is 328 g/mol. The fraction of sp³-hybridized carbons (Fsp3) is 0.400. The summed E-state index contributed by atoms with van der Waals surface area (Å²) in [5, 5.41) is 1.27. The maximum atomic E-state index is 4.98. The molecule has 0 saturated carbocycles. The summed E-state index contributed by atoms with van der Waals surface area (Å²) in [4.78, 5) is 7.53. The zero-order valence-electron chi connectivity index (χ0n) is 17.0. The Kier molecular flexibility index (Phi) is 4.67. The molecule has 2 aromatic carbocycles. The van der Waals surface area contributed by atoms with E-state index in [9.17, 15) is 0 Å². The monoisotopic (exact) mass is 358 g/mol. The van der Waals surface area contributed by atoms with Crippen molar-refractivity contribution in [2.45, 2.75) is 46.0 Å². The molecule has 0 spiro atoms. The summed E-state index contributed by atoms with van der Waals surface area (Å²) >= 11 is 0. The van der Waals surface area contributed by atoms with E-state index in [0.29, 0.717) is 0 Å². The molecule has 0 atom stereocenters. The van der Waals surface area contributed by atoms with Gasteiger partial charge in [-0.3, -0.25) is 0 Å². The summed E-state index contributed by atoms with van der Waals surface area (Å²) in [5.74, 6) is 0.832. The molecule has 0 bridgehead atoms. The van der Waals surface area contributed by atoms with Crippen LogP contribution in [0, 0.1) is 5.92 Å². The Hall–Kier alpha value is -2.35. The Morgan fingerprint density at radius 2 is 1.59 bits per heavy atom. The molecule has 0 radical (unpaired) electrons. The lowest BCUT2D eigenvalue weighted by Crippen LogP contribution is -2.32. The van der Waals surface area contributed by atoms with Crippen LogP contribution in [-0.2, 0) is 5.41 Å². The summed E-state index contributed by atoms with van der Waals surface area (Å²) in [6.45, 7) is 11.4. The predicted molar refractivity (Wildman–Crippen MR) is 116 cm³/mol. The van der Waals surface area contributed by atoms with Gasteiger partial charge in [-0.15, -0.1) is 0 Å². The van der Waals surface area contributed by atoms with Gasteiger partial charge >= 0.3 is 0 Å². The van der Waals surface area contributed by atoms with Crippen LogP contribution in [0.25, 0.3) is 22.2 Å². The largest absolute Gasteiger partial charge is 0.371 e. The molecule has 0 unspecified atom stereocenters. The molecule has 1 fully saturated rings. The van der Waals surface area contributed by atoms with Crippen LogP contribution in [0.3, 0.4) is 0 Å². The summed E-state index contributed by atoms with van der Waals surface area (Å²) < 4.78 is 0. The van der Waals surface area contributed by atoms with Crippen LogP contribution in [0.4, 0.5) is 5.69 Å². The Balaban J connectivity index is 1.78. The van der Waals surface area contributed by atoms with Gasteiger partial charge in [0, 0.05) is 29.7 Å². The third-order valence-corrected chi connectivity index (χ3v) is 5.87. The molecule has 2 heteroatoms. The highest BCUT2D eigenvalue weighted by Gasteiger charge is 2.19. The lowest BCUT2D eigenvalue weighted by atomic mass is 9.86. The van der Waals surface area contributed by atoms with E-state index in [4.69, 9.17) is 4.98 Å². The molecule has 1 aromatic heterocycles. The van der Waals surface area contributed by atoms with Crippen molar-refractivity contribution >= 4 is 16.6 Å². The number of piperidine rings is 1. The van der Waals surface area contributed by atoms with Crippen LogP contribution in [0.2, 0.25) is 0 Å². The number of anilines is 1. The lowest BCUT2D eigenvalue weighted by molar-refractivity contribution is 0.439. The Morgan fingerprint density at radius 1 is 0.926 bits per heavy atom. The molecule has 140 valence electrons. The average Bonchev–Trinajstić information content (AvgIpc) is 2.67. The molecule has 2 heterocycles. The fourth-order valence-electron chi connectivity index (χ4n) is 3.96. The van der Waals surface area contributed by atoms with E-state index >= 15 is 0 Å². The van der Waals surface area contributed by atoms with Crippen molar-refractivity contribution in [3.63, 3.8) is 0 Å². The van der Waals surface area contributed by atoms with Crippen LogP contribution >= 0.6 is 0 Å². The van der Waals surface area contributed by atoms with Gasteiger partial charge in [0.05, 0.1) is 11.2 Å². The molecular formula is C25H30N2. The van der Waals surface area contributed by atoms with Gasteiger partial charge in [-0.2, -0.15) is 0 Å². The molecule has 4 rings (SSSR count). The molecule has 0 amide bonds. The maximum Gasteiger partial charge on any atom is 0.0730 e. The number of fused-ring (bicyclic) bond motifs is 1. The SMILES string of the molecule is CC1CCN(c2cc(-c3ccc(C(C)(C)C)cc3)nc3ccccc23)CC1. The van der Waals surface area contributed by atoms with Gasteiger partial charge in [0.15, 0.2) is 0 Å². The second-order valence-electron chi connectivity index (χ2n) is 9.04. The van der Waals surface area contributed by atoms with Crippen molar-refractivity contribution in [3.8, 4) is 11.3 Å². The summed E-state index contributed by atoms with van der Waals surface area (Å²) in [5.41, 5.74) is 6.22.